The van der Waals surface area contributed by atoms with Gasteiger partial charge in [-0.05, 0) is 31.5 Å². The average molecular weight is 406 g/mol. The van der Waals surface area contributed by atoms with Gasteiger partial charge >= 0.3 is 5.97 Å². The molecule has 25 heavy (non-hydrogen) atoms. The molecule has 5 atom stereocenters. The maximum absolute atomic E-state index is 13.2. The number of rotatable bonds is 4. The summed E-state index contributed by atoms with van der Waals surface area (Å²) < 4.78 is 12.3. The van der Waals surface area contributed by atoms with Crippen molar-refractivity contribution in [1.29, 1.82) is 0 Å². The Morgan fingerprint density at radius 3 is 2.84 bits per heavy atom. The minimum atomic E-state index is -0.692. The Hall–Kier alpha value is -1.66. The first-order chi connectivity index (χ1) is 12.0. The van der Waals surface area contributed by atoms with Gasteiger partial charge in [-0.15, -0.1) is 0 Å². The molecule has 132 valence electrons. The number of likely N-dealkylation sites (tertiary alicyclic amines) is 1. The lowest BCUT2D eigenvalue weighted by Gasteiger charge is -2.27. The second-order valence-corrected chi connectivity index (χ2v) is 7.76. The number of esters is 1. The SMILES string of the molecule is CCOC(=O)[C@@H]1[C@@H]2C=C[C@]3(CN([C@H](C)c4ccc(Br)cc4)C(=O)[C@H]13)O2. The molecule has 3 aliphatic heterocycles. The molecule has 3 heterocycles. The van der Waals surface area contributed by atoms with E-state index in [1.807, 2.05) is 48.2 Å². The molecule has 1 spiro atoms. The van der Waals surface area contributed by atoms with E-state index >= 15 is 0 Å². The van der Waals surface area contributed by atoms with E-state index in [4.69, 9.17) is 9.47 Å². The van der Waals surface area contributed by atoms with E-state index in [-0.39, 0.29) is 24.0 Å². The van der Waals surface area contributed by atoms with E-state index in [1.54, 1.807) is 6.92 Å². The van der Waals surface area contributed by atoms with Crippen LogP contribution in [-0.2, 0) is 19.1 Å². The number of nitrogens with zero attached hydrogens (tertiary/aromatic N) is 1. The number of carbonyl (C=O) groups is 2. The normalized spacial score (nSPS) is 33.6. The van der Waals surface area contributed by atoms with Crippen molar-refractivity contribution >= 4 is 27.8 Å². The number of fused-ring (bicyclic) bond motifs is 1. The molecule has 0 aromatic heterocycles. The number of hydrogen-bond acceptors (Lipinski definition) is 4. The van der Waals surface area contributed by atoms with Crippen LogP contribution in [0.25, 0.3) is 0 Å². The van der Waals surface area contributed by atoms with Gasteiger partial charge in [-0.2, -0.15) is 0 Å². The molecular formula is C19H20BrNO4. The highest BCUT2D eigenvalue weighted by molar-refractivity contribution is 9.10. The summed E-state index contributed by atoms with van der Waals surface area (Å²) in [7, 11) is 0. The van der Waals surface area contributed by atoms with Gasteiger partial charge in [0, 0.05) is 4.47 Å². The Labute approximate surface area is 155 Å². The first-order valence-electron chi connectivity index (χ1n) is 8.56. The van der Waals surface area contributed by atoms with Crippen molar-refractivity contribution in [3.63, 3.8) is 0 Å². The molecule has 4 rings (SSSR count). The molecule has 2 saturated heterocycles. The third kappa shape index (κ3) is 2.46. The van der Waals surface area contributed by atoms with Crippen molar-refractivity contribution in [2.75, 3.05) is 13.2 Å². The second kappa shape index (κ2) is 5.95. The third-order valence-electron chi connectivity index (χ3n) is 5.51. The quantitative estimate of drug-likeness (QED) is 0.570. The molecule has 5 nitrogen and oxygen atoms in total. The lowest BCUT2D eigenvalue weighted by atomic mass is 9.77. The summed E-state index contributed by atoms with van der Waals surface area (Å²) >= 11 is 3.43. The number of benzene rings is 1. The smallest absolute Gasteiger partial charge is 0.312 e. The van der Waals surface area contributed by atoms with Gasteiger partial charge in [0.25, 0.3) is 0 Å². The fraction of sp³-hybridized carbons (Fsp3) is 0.474. The Kier molecular flexibility index (Phi) is 4.00. The van der Waals surface area contributed by atoms with Crippen molar-refractivity contribution in [2.45, 2.75) is 31.6 Å². The molecule has 1 aromatic carbocycles. The number of carbonyl (C=O) groups excluding carboxylic acids is 2. The lowest BCUT2D eigenvalue weighted by molar-refractivity contribution is -0.153. The van der Waals surface area contributed by atoms with Crippen LogP contribution in [0.4, 0.5) is 0 Å². The highest BCUT2D eigenvalue weighted by Gasteiger charge is 2.67. The standard InChI is InChI=1S/C19H20BrNO4/c1-3-24-18(23)15-14-8-9-19(25-14)10-21(17(22)16(15)19)11(2)12-4-6-13(20)7-5-12/h4-9,11,14-16H,3,10H2,1-2H3/t11-,14+,15-,16+,19-/m1/s1. The van der Waals surface area contributed by atoms with E-state index in [9.17, 15) is 9.59 Å². The van der Waals surface area contributed by atoms with E-state index in [0.29, 0.717) is 13.2 Å². The van der Waals surface area contributed by atoms with E-state index in [0.717, 1.165) is 10.0 Å². The van der Waals surface area contributed by atoms with Gasteiger partial charge < -0.3 is 14.4 Å². The minimum absolute atomic E-state index is 0.0275. The maximum atomic E-state index is 13.2. The van der Waals surface area contributed by atoms with Gasteiger partial charge in [0.15, 0.2) is 0 Å². The molecule has 0 saturated carbocycles. The molecule has 0 N–H and O–H groups in total. The van der Waals surface area contributed by atoms with Crippen LogP contribution in [-0.4, -0.2) is 41.6 Å². The van der Waals surface area contributed by atoms with Crippen LogP contribution < -0.4 is 0 Å². The zero-order valence-electron chi connectivity index (χ0n) is 14.1. The fourth-order valence-electron chi connectivity index (χ4n) is 4.28. The van der Waals surface area contributed by atoms with Gasteiger partial charge in [0.1, 0.15) is 11.5 Å². The first-order valence-corrected chi connectivity index (χ1v) is 9.36. The van der Waals surface area contributed by atoms with E-state index in [1.165, 1.54) is 0 Å². The summed E-state index contributed by atoms with van der Waals surface area (Å²) in [5, 5.41) is 0. The second-order valence-electron chi connectivity index (χ2n) is 6.85. The van der Waals surface area contributed by atoms with Gasteiger partial charge in [-0.3, -0.25) is 9.59 Å². The number of halogens is 1. The van der Waals surface area contributed by atoms with Crippen LogP contribution in [0.1, 0.15) is 25.5 Å². The van der Waals surface area contributed by atoms with Crippen LogP contribution in [0.15, 0.2) is 40.9 Å². The summed E-state index contributed by atoms with van der Waals surface area (Å²) in [4.78, 5) is 27.4. The molecule has 1 amide bonds. The third-order valence-corrected chi connectivity index (χ3v) is 6.04. The number of hydrogen-bond donors (Lipinski definition) is 0. The largest absolute Gasteiger partial charge is 0.466 e. The molecule has 0 unspecified atom stereocenters. The van der Waals surface area contributed by atoms with Crippen LogP contribution >= 0.6 is 15.9 Å². The van der Waals surface area contributed by atoms with Crippen LogP contribution in [0.2, 0.25) is 0 Å². The monoisotopic (exact) mass is 405 g/mol. The Balaban J connectivity index is 1.63. The van der Waals surface area contributed by atoms with Crippen molar-refractivity contribution in [3.8, 4) is 0 Å². The highest BCUT2D eigenvalue weighted by atomic mass is 79.9. The molecule has 3 aliphatic rings. The molecule has 0 aliphatic carbocycles. The first kappa shape index (κ1) is 16.8. The summed E-state index contributed by atoms with van der Waals surface area (Å²) in [6, 6.07) is 7.86. The maximum Gasteiger partial charge on any atom is 0.312 e. The highest BCUT2D eigenvalue weighted by Crippen LogP contribution is 2.53. The van der Waals surface area contributed by atoms with E-state index < -0.39 is 17.4 Å². The Bertz CT molecular complexity index is 746. The molecule has 6 heteroatoms. The molecular weight excluding hydrogens is 386 g/mol. The summed E-state index contributed by atoms with van der Waals surface area (Å²) in [5.41, 5.74) is 0.363. The van der Waals surface area contributed by atoms with E-state index in [2.05, 4.69) is 15.9 Å². The summed E-state index contributed by atoms with van der Waals surface area (Å²) in [6.07, 6.45) is 3.52. The topological polar surface area (TPSA) is 55.8 Å². The average Bonchev–Trinajstić information content (AvgIpc) is 3.23. The van der Waals surface area contributed by atoms with Gasteiger partial charge in [0.05, 0.1) is 31.2 Å². The predicted molar refractivity (Wildman–Crippen MR) is 94.6 cm³/mol. The van der Waals surface area contributed by atoms with Gasteiger partial charge in [-0.1, -0.05) is 40.2 Å². The van der Waals surface area contributed by atoms with Gasteiger partial charge in [-0.25, -0.2) is 0 Å². The fourth-order valence-corrected chi connectivity index (χ4v) is 4.55. The van der Waals surface area contributed by atoms with Crippen molar-refractivity contribution < 1.29 is 19.1 Å². The summed E-state index contributed by atoms with van der Waals surface area (Å²) in [6.45, 7) is 4.56. The zero-order valence-corrected chi connectivity index (χ0v) is 15.7. The zero-order chi connectivity index (χ0) is 17.8. The van der Waals surface area contributed by atoms with Crippen molar-refractivity contribution in [1.82, 2.24) is 4.90 Å². The van der Waals surface area contributed by atoms with Crippen LogP contribution in [0.5, 0.6) is 0 Å². The molecule has 0 radical (unpaired) electrons. The van der Waals surface area contributed by atoms with Crippen LogP contribution in [0, 0.1) is 11.8 Å². The predicted octanol–water partition coefficient (Wildman–Crippen LogP) is 2.86. The Morgan fingerprint density at radius 2 is 2.16 bits per heavy atom. The molecule has 2 fully saturated rings. The van der Waals surface area contributed by atoms with Crippen molar-refractivity contribution in [3.05, 3.63) is 46.5 Å². The van der Waals surface area contributed by atoms with Gasteiger partial charge in [0.2, 0.25) is 5.91 Å². The number of amides is 1. The molecule has 2 bridgehead atoms. The minimum Gasteiger partial charge on any atom is -0.466 e. The number of ether oxygens (including phenoxy) is 2. The summed E-state index contributed by atoms with van der Waals surface area (Å²) in [5.74, 6) is -1.39. The van der Waals surface area contributed by atoms with Crippen molar-refractivity contribution in [2.24, 2.45) is 11.8 Å². The Morgan fingerprint density at radius 1 is 1.44 bits per heavy atom. The van der Waals surface area contributed by atoms with Crippen LogP contribution in [0.3, 0.4) is 0 Å². The molecule has 1 aromatic rings. The lowest BCUT2D eigenvalue weighted by Crippen LogP contribution is -2.40.